The number of carbonyl (C=O) groups is 1. The Hall–Kier alpha value is -2.17. The molecule has 4 nitrogen and oxygen atoms in total. The topological polar surface area (TPSA) is 55.1 Å². The average Bonchev–Trinajstić information content (AvgIpc) is 2.74. The number of carboxylic acids is 1. The fourth-order valence-corrected chi connectivity index (χ4v) is 1.86. The lowest BCUT2D eigenvalue weighted by molar-refractivity contribution is -0.139. The summed E-state index contributed by atoms with van der Waals surface area (Å²) in [5.74, 6) is -1.50. The molecule has 1 heterocycles. The van der Waals surface area contributed by atoms with E-state index in [1.54, 1.807) is 36.1 Å². The number of carboxylic acid groups (broad SMARTS) is 1. The third-order valence-electron chi connectivity index (χ3n) is 2.82. The van der Waals surface area contributed by atoms with Crippen LogP contribution in [0.2, 0.25) is 0 Å². The minimum Gasteiger partial charge on any atom is -0.481 e. The summed E-state index contributed by atoms with van der Waals surface area (Å²) < 4.78 is 14.5. The molecular formula is C13H13FN2O2. The molecule has 5 heteroatoms. The average molecular weight is 248 g/mol. The second-order valence-electron chi connectivity index (χ2n) is 4.12. The van der Waals surface area contributed by atoms with E-state index in [0.29, 0.717) is 12.2 Å². The summed E-state index contributed by atoms with van der Waals surface area (Å²) in [6.45, 7) is 0. The zero-order valence-electron chi connectivity index (χ0n) is 9.88. The summed E-state index contributed by atoms with van der Waals surface area (Å²) in [4.78, 5) is 15.4. The first kappa shape index (κ1) is 12.3. The van der Waals surface area contributed by atoms with Gasteiger partial charge < -0.3 is 9.67 Å². The lowest BCUT2D eigenvalue weighted by Crippen LogP contribution is -2.18. The molecule has 1 unspecified atom stereocenters. The standard InChI is InChI=1S/C13H13FN2O2/c1-16-7-6-15-12(16)11(13(17)18)8-9-2-4-10(14)5-3-9/h2-7,11H,8H2,1H3,(H,17,18). The molecular weight excluding hydrogens is 235 g/mol. The van der Waals surface area contributed by atoms with Crippen molar-refractivity contribution in [3.8, 4) is 0 Å². The highest BCUT2D eigenvalue weighted by Crippen LogP contribution is 2.19. The third kappa shape index (κ3) is 2.56. The van der Waals surface area contributed by atoms with Gasteiger partial charge in [-0.1, -0.05) is 12.1 Å². The molecule has 0 aliphatic heterocycles. The molecule has 1 N–H and O–H groups in total. The number of aryl methyl sites for hydroxylation is 1. The summed E-state index contributed by atoms with van der Waals surface area (Å²) in [7, 11) is 1.75. The molecule has 0 saturated carbocycles. The number of halogens is 1. The normalized spacial score (nSPS) is 12.3. The maximum Gasteiger partial charge on any atom is 0.314 e. The van der Waals surface area contributed by atoms with Gasteiger partial charge in [-0.2, -0.15) is 0 Å². The summed E-state index contributed by atoms with van der Waals surface area (Å²) in [6.07, 6.45) is 3.56. The minimum absolute atomic E-state index is 0.292. The van der Waals surface area contributed by atoms with Crippen LogP contribution in [0.1, 0.15) is 17.3 Å². The molecule has 1 atom stereocenters. The highest BCUT2D eigenvalue weighted by atomic mass is 19.1. The number of hydrogen-bond donors (Lipinski definition) is 1. The Balaban J connectivity index is 2.25. The van der Waals surface area contributed by atoms with E-state index in [1.807, 2.05) is 0 Å². The van der Waals surface area contributed by atoms with Crippen molar-refractivity contribution in [2.24, 2.45) is 7.05 Å². The molecule has 0 radical (unpaired) electrons. The zero-order chi connectivity index (χ0) is 13.1. The van der Waals surface area contributed by atoms with E-state index < -0.39 is 11.9 Å². The molecule has 0 saturated heterocycles. The van der Waals surface area contributed by atoms with Crippen LogP contribution < -0.4 is 0 Å². The molecule has 0 aliphatic rings. The molecule has 0 amide bonds. The summed E-state index contributed by atoms with van der Waals surface area (Å²) in [5, 5.41) is 9.26. The van der Waals surface area contributed by atoms with E-state index in [2.05, 4.69) is 4.98 Å². The molecule has 0 spiro atoms. The Morgan fingerprint density at radius 3 is 2.61 bits per heavy atom. The highest BCUT2D eigenvalue weighted by Gasteiger charge is 2.24. The van der Waals surface area contributed by atoms with E-state index >= 15 is 0 Å². The van der Waals surface area contributed by atoms with Gasteiger partial charge in [-0.05, 0) is 24.1 Å². The van der Waals surface area contributed by atoms with Crippen molar-refractivity contribution in [2.45, 2.75) is 12.3 Å². The Bertz CT molecular complexity index is 548. The Kier molecular flexibility index (Phi) is 3.41. The predicted molar refractivity (Wildman–Crippen MR) is 63.7 cm³/mol. The predicted octanol–water partition coefficient (Wildman–Crippen LogP) is 1.97. The minimum atomic E-state index is -0.936. The van der Waals surface area contributed by atoms with Crippen molar-refractivity contribution in [3.05, 3.63) is 53.9 Å². The monoisotopic (exact) mass is 248 g/mol. The van der Waals surface area contributed by atoms with Gasteiger partial charge in [-0.15, -0.1) is 0 Å². The van der Waals surface area contributed by atoms with Gasteiger partial charge >= 0.3 is 5.97 Å². The second-order valence-corrected chi connectivity index (χ2v) is 4.12. The SMILES string of the molecule is Cn1ccnc1C(Cc1ccc(F)cc1)C(=O)O. The number of rotatable bonds is 4. The molecule has 94 valence electrons. The summed E-state index contributed by atoms with van der Waals surface area (Å²) >= 11 is 0. The maximum atomic E-state index is 12.8. The van der Waals surface area contributed by atoms with Gasteiger partial charge in [0, 0.05) is 19.4 Å². The van der Waals surface area contributed by atoms with Crippen LogP contribution >= 0.6 is 0 Å². The van der Waals surface area contributed by atoms with Crippen LogP contribution in [0.15, 0.2) is 36.7 Å². The van der Waals surface area contributed by atoms with Crippen LogP contribution in [-0.2, 0) is 18.3 Å². The first-order valence-electron chi connectivity index (χ1n) is 5.52. The number of benzene rings is 1. The molecule has 0 bridgehead atoms. The van der Waals surface area contributed by atoms with Crippen LogP contribution in [-0.4, -0.2) is 20.6 Å². The summed E-state index contributed by atoms with van der Waals surface area (Å²) in [6, 6.07) is 5.84. The molecule has 1 aromatic carbocycles. The van der Waals surface area contributed by atoms with Crippen molar-refractivity contribution >= 4 is 5.97 Å². The first-order chi connectivity index (χ1) is 8.58. The van der Waals surface area contributed by atoms with Crippen molar-refractivity contribution in [3.63, 3.8) is 0 Å². The molecule has 2 rings (SSSR count). The van der Waals surface area contributed by atoms with E-state index in [0.717, 1.165) is 5.56 Å². The second kappa shape index (κ2) is 5.00. The molecule has 2 aromatic rings. The van der Waals surface area contributed by atoms with Crippen LogP contribution in [0, 0.1) is 5.82 Å². The van der Waals surface area contributed by atoms with Crippen LogP contribution in [0.25, 0.3) is 0 Å². The van der Waals surface area contributed by atoms with E-state index in [-0.39, 0.29) is 5.82 Å². The third-order valence-corrected chi connectivity index (χ3v) is 2.82. The lowest BCUT2D eigenvalue weighted by atomic mass is 9.98. The quantitative estimate of drug-likeness (QED) is 0.900. The van der Waals surface area contributed by atoms with Crippen molar-refractivity contribution < 1.29 is 14.3 Å². The van der Waals surface area contributed by atoms with Gasteiger partial charge in [0.1, 0.15) is 17.6 Å². The van der Waals surface area contributed by atoms with Gasteiger partial charge in [-0.25, -0.2) is 9.37 Å². The van der Waals surface area contributed by atoms with Gasteiger partial charge in [0.25, 0.3) is 0 Å². The largest absolute Gasteiger partial charge is 0.481 e. The Morgan fingerprint density at radius 2 is 2.11 bits per heavy atom. The van der Waals surface area contributed by atoms with E-state index in [9.17, 15) is 14.3 Å². The zero-order valence-corrected chi connectivity index (χ0v) is 9.88. The van der Waals surface area contributed by atoms with Gasteiger partial charge in [-0.3, -0.25) is 4.79 Å². The smallest absolute Gasteiger partial charge is 0.314 e. The number of imidazole rings is 1. The maximum absolute atomic E-state index is 12.8. The lowest BCUT2D eigenvalue weighted by Gasteiger charge is -2.12. The summed E-state index contributed by atoms with van der Waals surface area (Å²) in [5.41, 5.74) is 0.770. The van der Waals surface area contributed by atoms with Gasteiger partial charge in [0.05, 0.1) is 0 Å². The number of aromatic nitrogens is 2. The van der Waals surface area contributed by atoms with Crippen molar-refractivity contribution in [1.29, 1.82) is 0 Å². The van der Waals surface area contributed by atoms with Crippen LogP contribution in [0.5, 0.6) is 0 Å². The van der Waals surface area contributed by atoms with Crippen molar-refractivity contribution in [1.82, 2.24) is 9.55 Å². The fourth-order valence-electron chi connectivity index (χ4n) is 1.86. The molecule has 0 aliphatic carbocycles. The number of nitrogens with zero attached hydrogens (tertiary/aromatic N) is 2. The highest BCUT2D eigenvalue weighted by molar-refractivity contribution is 5.75. The van der Waals surface area contributed by atoms with E-state index in [4.69, 9.17) is 0 Å². The van der Waals surface area contributed by atoms with Crippen molar-refractivity contribution in [2.75, 3.05) is 0 Å². The fraction of sp³-hybridized carbons (Fsp3) is 0.231. The van der Waals surface area contributed by atoms with Gasteiger partial charge in [0.2, 0.25) is 0 Å². The van der Waals surface area contributed by atoms with Crippen LogP contribution in [0.4, 0.5) is 4.39 Å². The van der Waals surface area contributed by atoms with E-state index in [1.165, 1.54) is 12.1 Å². The molecule has 18 heavy (non-hydrogen) atoms. The van der Waals surface area contributed by atoms with Gasteiger partial charge in [0.15, 0.2) is 0 Å². The molecule has 1 aromatic heterocycles. The van der Waals surface area contributed by atoms with Crippen LogP contribution in [0.3, 0.4) is 0 Å². The Labute approximate surface area is 104 Å². The number of hydrogen-bond acceptors (Lipinski definition) is 2. The molecule has 0 fully saturated rings. The Morgan fingerprint density at radius 1 is 1.44 bits per heavy atom. The number of aliphatic carboxylic acids is 1. The first-order valence-corrected chi connectivity index (χ1v) is 5.52.